The van der Waals surface area contributed by atoms with Crippen LogP contribution in [0.5, 0.6) is 0 Å². The van der Waals surface area contributed by atoms with Crippen molar-refractivity contribution in [3.05, 3.63) is 64.8 Å². The van der Waals surface area contributed by atoms with E-state index in [1.54, 1.807) is 36.4 Å². The van der Waals surface area contributed by atoms with Gasteiger partial charge in [-0.3, -0.25) is 4.79 Å². The molecular weight excluding hydrogens is 411 g/mol. The van der Waals surface area contributed by atoms with Crippen molar-refractivity contribution in [2.75, 3.05) is 5.32 Å². The summed E-state index contributed by atoms with van der Waals surface area (Å²) in [6.45, 7) is 1.63. The number of carbonyl (C=O) groups excluding carboxylic acids is 1. The highest BCUT2D eigenvalue weighted by Crippen LogP contribution is 2.25. The largest absolute Gasteiger partial charge is 0.488 e. The van der Waals surface area contributed by atoms with Gasteiger partial charge in [0.1, 0.15) is 11.3 Å². The number of benzene rings is 2. The summed E-state index contributed by atoms with van der Waals surface area (Å²) in [5, 5.41) is 33.7. The van der Waals surface area contributed by atoms with Crippen molar-refractivity contribution in [3.8, 4) is 5.95 Å². The molecule has 2 aromatic heterocycles. The quantitative estimate of drug-likeness (QED) is 0.247. The van der Waals surface area contributed by atoms with E-state index < -0.39 is 13.0 Å². The first-order valence-electron chi connectivity index (χ1n) is 9.95. The fraction of sp³-hybridized carbons (Fsp3) is 0.150. The van der Waals surface area contributed by atoms with E-state index in [0.29, 0.717) is 47.9 Å². The Hall–Kier alpha value is -3.87. The minimum absolute atomic E-state index is 0.279. The molecule has 12 heteroatoms. The van der Waals surface area contributed by atoms with Crippen LogP contribution in [0.4, 0.5) is 5.82 Å². The molecule has 5 rings (SSSR count). The number of nitrogens with one attached hydrogen (secondary N) is 2. The number of nitrogens with zero attached hydrogens (tertiary/aromatic N) is 5. The standard InChI is InChI=1S/C20H19BN8O3/c22-18(30)13-5-2-6-16-17(13)27-28-29(16)20-25-15-10-23-9-14(15)19(26-20)24-8-11-3-1-4-12(7-11)21(31)32/h1-7,23,31-32H,8-10H2,(H2,22,30)(H,24,25,26). The number of fused-ring (bicyclic) bond motifs is 2. The van der Waals surface area contributed by atoms with E-state index in [9.17, 15) is 14.8 Å². The van der Waals surface area contributed by atoms with Crippen LogP contribution in [0.25, 0.3) is 17.0 Å². The van der Waals surface area contributed by atoms with Gasteiger partial charge in [-0.05, 0) is 23.2 Å². The smallest absolute Gasteiger partial charge is 0.423 e. The normalized spacial score (nSPS) is 12.7. The molecule has 0 radical (unpaired) electrons. The summed E-state index contributed by atoms with van der Waals surface area (Å²) < 4.78 is 1.48. The topological polar surface area (TPSA) is 164 Å². The highest BCUT2D eigenvalue weighted by molar-refractivity contribution is 6.58. The van der Waals surface area contributed by atoms with Gasteiger partial charge in [0, 0.05) is 25.2 Å². The summed E-state index contributed by atoms with van der Waals surface area (Å²) >= 11 is 0. The molecule has 1 aliphatic heterocycles. The summed E-state index contributed by atoms with van der Waals surface area (Å²) in [5.74, 6) is 0.373. The lowest BCUT2D eigenvalue weighted by Crippen LogP contribution is -2.30. The zero-order chi connectivity index (χ0) is 22.2. The van der Waals surface area contributed by atoms with Crippen LogP contribution in [-0.2, 0) is 19.6 Å². The van der Waals surface area contributed by atoms with E-state index in [-0.39, 0.29) is 5.56 Å². The fourth-order valence-corrected chi connectivity index (χ4v) is 3.74. The number of rotatable bonds is 6. The zero-order valence-corrected chi connectivity index (χ0v) is 16.9. The molecule has 0 aliphatic carbocycles. The van der Waals surface area contributed by atoms with Crippen LogP contribution in [0, 0.1) is 0 Å². The Morgan fingerprint density at radius 3 is 2.84 bits per heavy atom. The van der Waals surface area contributed by atoms with Gasteiger partial charge >= 0.3 is 7.12 Å². The second-order valence-corrected chi connectivity index (χ2v) is 7.41. The maximum Gasteiger partial charge on any atom is 0.488 e. The third-order valence-electron chi connectivity index (χ3n) is 5.32. The Labute approximate surface area is 182 Å². The van der Waals surface area contributed by atoms with Crippen LogP contribution in [0.2, 0.25) is 0 Å². The van der Waals surface area contributed by atoms with Crippen molar-refractivity contribution in [2.24, 2.45) is 5.73 Å². The number of hydrogen-bond donors (Lipinski definition) is 5. The number of nitrogens with two attached hydrogens (primary N) is 1. The Kier molecular flexibility index (Phi) is 5.01. The lowest BCUT2D eigenvalue weighted by atomic mass is 9.80. The van der Waals surface area contributed by atoms with E-state index in [4.69, 9.17) is 5.73 Å². The van der Waals surface area contributed by atoms with Gasteiger partial charge in [-0.25, -0.2) is 4.98 Å². The second kappa shape index (κ2) is 8.00. The molecule has 0 fully saturated rings. The number of aromatic nitrogens is 5. The molecule has 1 aliphatic rings. The predicted molar refractivity (Wildman–Crippen MR) is 117 cm³/mol. The predicted octanol–water partition coefficient (Wildman–Crippen LogP) is -0.796. The molecule has 3 heterocycles. The van der Waals surface area contributed by atoms with E-state index in [2.05, 4.69) is 30.9 Å². The number of hydrogen-bond acceptors (Lipinski definition) is 9. The van der Waals surface area contributed by atoms with E-state index >= 15 is 0 Å². The van der Waals surface area contributed by atoms with E-state index in [1.165, 1.54) is 4.68 Å². The molecule has 0 saturated carbocycles. The number of amides is 1. The Morgan fingerprint density at radius 1 is 1.19 bits per heavy atom. The molecule has 32 heavy (non-hydrogen) atoms. The summed E-state index contributed by atoms with van der Waals surface area (Å²) in [6.07, 6.45) is 0. The van der Waals surface area contributed by atoms with Gasteiger partial charge in [0.25, 0.3) is 11.9 Å². The molecule has 160 valence electrons. The van der Waals surface area contributed by atoms with Crippen molar-refractivity contribution >= 4 is 35.3 Å². The maximum absolute atomic E-state index is 11.7. The molecule has 0 saturated heterocycles. The van der Waals surface area contributed by atoms with Crippen molar-refractivity contribution < 1.29 is 14.8 Å². The molecule has 0 bridgehead atoms. The average molecular weight is 430 g/mol. The van der Waals surface area contributed by atoms with Crippen LogP contribution in [0.15, 0.2) is 42.5 Å². The molecule has 4 aromatic rings. The zero-order valence-electron chi connectivity index (χ0n) is 16.9. The third-order valence-corrected chi connectivity index (χ3v) is 5.32. The highest BCUT2D eigenvalue weighted by atomic mass is 16.4. The molecule has 6 N–H and O–H groups in total. The Morgan fingerprint density at radius 2 is 2.03 bits per heavy atom. The van der Waals surface area contributed by atoms with E-state index in [1.807, 2.05) is 6.07 Å². The summed E-state index contributed by atoms with van der Waals surface area (Å²) in [6, 6.07) is 12.1. The number of carbonyl (C=O) groups is 1. The molecule has 0 spiro atoms. The molecule has 2 aromatic carbocycles. The van der Waals surface area contributed by atoms with Crippen LogP contribution in [-0.4, -0.2) is 48.0 Å². The van der Waals surface area contributed by atoms with Crippen LogP contribution in [0.1, 0.15) is 27.2 Å². The van der Waals surface area contributed by atoms with Gasteiger partial charge < -0.3 is 26.4 Å². The molecule has 1 amide bonds. The van der Waals surface area contributed by atoms with Gasteiger partial charge in [-0.15, -0.1) is 5.10 Å². The minimum Gasteiger partial charge on any atom is -0.423 e. The first-order valence-corrected chi connectivity index (χ1v) is 9.95. The van der Waals surface area contributed by atoms with Crippen molar-refractivity contribution in [1.82, 2.24) is 30.3 Å². The number of anilines is 1. The molecular formula is C20H19BN8O3. The third kappa shape index (κ3) is 3.56. The van der Waals surface area contributed by atoms with Crippen LogP contribution < -0.4 is 21.8 Å². The lowest BCUT2D eigenvalue weighted by molar-refractivity contribution is 0.100. The number of primary amides is 1. The first kappa shape index (κ1) is 20.1. The van der Waals surface area contributed by atoms with Crippen molar-refractivity contribution in [1.29, 1.82) is 0 Å². The summed E-state index contributed by atoms with van der Waals surface area (Å²) in [4.78, 5) is 21.0. The van der Waals surface area contributed by atoms with E-state index in [0.717, 1.165) is 16.8 Å². The van der Waals surface area contributed by atoms with Crippen LogP contribution >= 0.6 is 0 Å². The van der Waals surface area contributed by atoms with Crippen molar-refractivity contribution in [3.63, 3.8) is 0 Å². The van der Waals surface area contributed by atoms with Gasteiger partial charge in [0.05, 0.1) is 16.8 Å². The van der Waals surface area contributed by atoms with Gasteiger partial charge in [-0.2, -0.15) is 9.67 Å². The average Bonchev–Trinajstić information content (AvgIpc) is 3.44. The van der Waals surface area contributed by atoms with Crippen molar-refractivity contribution in [2.45, 2.75) is 19.6 Å². The SMILES string of the molecule is NC(=O)c1cccc2c1nnn2-c1nc2c(c(NCc3cccc(B(O)O)c3)n1)CNC2. The van der Waals surface area contributed by atoms with Gasteiger partial charge in [0.15, 0.2) is 0 Å². The molecule has 11 nitrogen and oxygen atoms in total. The fourth-order valence-electron chi connectivity index (χ4n) is 3.74. The molecule has 0 atom stereocenters. The lowest BCUT2D eigenvalue weighted by Gasteiger charge is -2.12. The second-order valence-electron chi connectivity index (χ2n) is 7.41. The summed E-state index contributed by atoms with van der Waals surface area (Å²) in [5.41, 5.74) is 9.77. The summed E-state index contributed by atoms with van der Waals surface area (Å²) in [7, 11) is -1.53. The monoisotopic (exact) mass is 430 g/mol. The van der Waals surface area contributed by atoms with Gasteiger partial charge in [0.2, 0.25) is 0 Å². The van der Waals surface area contributed by atoms with Gasteiger partial charge in [-0.1, -0.05) is 35.5 Å². The maximum atomic E-state index is 11.7. The Bertz CT molecular complexity index is 1340. The Balaban J connectivity index is 1.52. The van der Waals surface area contributed by atoms with Crippen LogP contribution in [0.3, 0.4) is 0 Å². The highest BCUT2D eigenvalue weighted by Gasteiger charge is 2.22. The minimum atomic E-state index is -1.53. The first-order chi connectivity index (χ1) is 15.5. The molecule has 0 unspecified atom stereocenters.